The summed E-state index contributed by atoms with van der Waals surface area (Å²) in [6, 6.07) is 0. The monoisotopic (exact) mass is 268 g/mol. The normalized spacial score (nSPS) is 15.2. The number of unbranched alkanes of at least 4 members (excludes halogenated alkanes) is 2. The highest BCUT2D eigenvalue weighted by Gasteiger charge is 2.09. The third-order valence-electron chi connectivity index (χ3n) is 4.26. The Kier molecular flexibility index (Phi) is 11.8. The first-order chi connectivity index (χ1) is 8.91. The second-order valence-corrected chi connectivity index (χ2v) is 7.80. The predicted molar refractivity (Wildman–Crippen MR) is 89.6 cm³/mol. The SMILES string of the molecule is CC(C)CCCCCC(C)CC(C)CCCC(C)C. The van der Waals surface area contributed by atoms with Crippen molar-refractivity contribution in [3.63, 3.8) is 0 Å². The van der Waals surface area contributed by atoms with Gasteiger partial charge in [0.1, 0.15) is 0 Å². The summed E-state index contributed by atoms with van der Waals surface area (Å²) in [4.78, 5) is 0. The van der Waals surface area contributed by atoms with Crippen molar-refractivity contribution in [3.05, 3.63) is 0 Å². The van der Waals surface area contributed by atoms with Gasteiger partial charge in [-0.1, -0.05) is 92.9 Å². The van der Waals surface area contributed by atoms with Crippen LogP contribution in [0.1, 0.15) is 99.3 Å². The third kappa shape index (κ3) is 14.2. The minimum Gasteiger partial charge on any atom is -0.0628 e. The molecule has 0 aromatic heterocycles. The van der Waals surface area contributed by atoms with Gasteiger partial charge in [-0.15, -0.1) is 0 Å². The maximum absolute atomic E-state index is 2.46. The van der Waals surface area contributed by atoms with Gasteiger partial charge in [0.15, 0.2) is 0 Å². The fourth-order valence-corrected chi connectivity index (χ4v) is 3.02. The van der Waals surface area contributed by atoms with Crippen molar-refractivity contribution in [3.8, 4) is 0 Å². The molecule has 0 aromatic rings. The Morgan fingerprint density at radius 1 is 0.474 bits per heavy atom. The molecular weight excluding hydrogens is 228 g/mol. The molecular formula is C19H40. The average Bonchev–Trinajstić information content (AvgIpc) is 2.27. The highest BCUT2D eigenvalue weighted by molar-refractivity contribution is 4.61. The Bertz CT molecular complexity index is 180. The van der Waals surface area contributed by atoms with Crippen LogP contribution in [0.2, 0.25) is 0 Å². The molecule has 0 heterocycles. The van der Waals surface area contributed by atoms with E-state index in [2.05, 4.69) is 41.5 Å². The van der Waals surface area contributed by atoms with E-state index in [4.69, 9.17) is 0 Å². The lowest BCUT2D eigenvalue weighted by Gasteiger charge is -2.17. The van der Waals surface area contributed by atoms with Gasteiger partial charge in [0.05, 0.1) is 0 Å². The molecule has 0 aliphatic rings. The molecule has 0 bridgehead atoms. The molecule has 0 nitrogen and oxygen atoms in total. The van der Waals surface area contributed by atoms with Crippen LogP contribution in [-0.4, -0.2) is 0 Å². The van der Waals surface area contributed by atoms with Gasteiger partial charge in [-0.25, -0.2) is 0 Å². The van der Waals surface area contributed by atoms with Gasteiger partial charge in [0.25, 0.3) is 0 Å². The first kappa shape index (κ1) is 19.0. The highest BCUT2D eigenvalue weighted by atomic mass is 14.1. The Hall–Kier alpha value is 0. The Labute approximate surface area is 123 Å². The first-order valence-corrected chi connectivity index (χ1v) is 8.91. The smallest absolute Gasteiger partial charge is 0.0440 e. The van der Waals surface area contributed by atoms with Gasteiger partial charge in [-0.3, -0.25) is 0 Å². The van der Waals surface area contributed by atoms with Gasteiger partial charge in [-0.2, -0.15) is 0 Å². The fraction of sp³-hybridized carbons (Fsp3) is 1.00. The van der Waals surface area contributed by atoms with Crippen molar-refractivity contribution in [2.24, 2.45) is 23.7 Å². The fourth-order valence-electron chi connectivity index (χ4n) is 3.02. The average molecular weight is 269 g/mol. The largest absolute Gasteiger partial charge is 0.0628 e. The maximum Gasteiger partial charge on any atom is -0.0440 e. The van der Waals surface area contributed by atoms with Crippen LogP contribution in [0.5, 0.6) is 0 Å². The first-order valence-electron chi connectivity index (χ1n) is 8.91. The summed E-state index contributed by atoms with van der Waals surface area (Å²) in [5.74, 6) is 3.64. The van der Waals surface area contributed by atoms with Crippen molar-refractivity contribution in [2.45, 2.75) is 99.3 Å². The van der Waals surface area contributed by atoms with E-state index in [0.717, 1.165) is 23.7 Å². The molecule has 0 aliphatic heterocycles. The van der Waals surface area contributed by atoms with Crippen LogP contribution in [0.3, 0.4) is 0 Å². The number of hydrogen-bond donors (Lipinski definition) is 0. The van der Waals surface area contributed by atoms with E-state index in [9.17, 15) is 0 Å². The molecule has 0 spiro atoms. The molecule has 0 aliphatic carbocycles. The zero-order valence-corrected chi connectivity index (χ0v) is 14.7. The van der Waals surface area contributed by atoms with E-state index >= 15 is 0 Å². The van der Waals surface area contributed by atoms with Crippen molar-refractivity contribution in [2.75, 3.05) is 0 Å². The Morgan fingerprint density at radius 2 is 0.895 bits per heavy atom. The van der Waals surface area contributed by atoms with Gasteiger partial charge >= 0.3 is 0 Å². The summed E-state index contributed by atoms with van der Waals surface area (Å²) in [5.41, 5.74) is 0. The quantitative estimate of drug-likeness (QED) is 0.332. The number of rotatable bonds is 12. The minimum absolute atomic E-state index is 0.880. The second-order valence-electron chi connectivity index (χ2n) is 7.80. The minimum atomic E-state index is 0.880. The summed E-state index contributed by atoms with van der Waals surface area (Å²) >= 11 is 0. The number of hydrogen-bond acceptors (Lipinski definition) is 0. The molecule has 2 unspecified atom stereocenters. The van der Waals surface area contributed by atoms with Gasteiger partial charge in [0.2, 0.25) is 0 Å². The van der Waals surface area contributed by atoms with Crippen LogP contribution in [0.4, 0.5) is 0 Å². The van der Waals surface area contributed by atoms with Crippen molar-refractivity contribution >= 4 is 0 Å². The van der Waals surface area contributed by atoms with Crippen molar-refractivity contribution in [1.29, 1.82) is 0 Å². The zero-order valence-electron chi connectivity index (χ0n) is 14.7. The van der Waals surface area contributed by atoms with Gasteiger partial charge < -0.3 is 0 Å². The summed E-state index contributed by atoms with van der Waals surface area (Å²) in [6.07, 6.45) is 12.9. The topological polar surface area (TPSA) is 0 Å². The van der Waals surface area contributed by atoms with Crippen LogP contribution < -0.4 is 0 Å². The van der Waals surface area contributed by atoms with Gasteiger partial charge in [-0.05, 0) is 30.1 Å². The molecule has 0 aromatic carbocycles. The lowest BCUT2D eigenvalue weighted by atomic mass is 9.89. The molecule has 0 saturated heterocycles. The van der Waals surface area contributed by atoms with Gasteiger partial charge in [0, 0.05) is 0 Å². The van der Waals surface area contributed by atoms with E-state index in [-0.39, 0.29) is 0 Å². The van der Waals surface area contributed by atoms with E-state index in [1.54, 1.807) is 0 Å². The highest BCUT2D eigenvalue weighted by Crippen LogP contribution is 2.23. The Balaban J connectivity index is 3.43. The van der Waals surface area contributed by atoms with Crippen LogP contribution >= 0.6 is 0 Å². The molecule has 116 valence electrons. The molecule has 0 radical (unpaired) electrons. The third-order valence-corrected chi connectivity index (χ3v) is 4.26. The van der Waals surface area contributed by atoms with Crippen LogP contribution in [0.25, 0.3) is 0 Å². The molecule has 0 fully saturated rings. The molecule has 0 N–H and O–H groups in total. The molecule has 0 rings (SSSR count). The lowest BCUT2D eigenvalue weighted by Crippen LogP contribution is -2.04. The summed E-state index contributed by atoms with van der Waals surface area (Å²) in [7, 11) is 0. The summed E-state index contributed by atoms with van der Waals surface area (Å²) in [6.45, 7) is 14.3. The van der Waals surface area contributed by atoms with E-state index in [1.165, 1.54) is 57.8 Å². The second kappa shape index (κ2) is 11.8. The predicted octanol–water partition coefficient (Wildman–Crippen LogP) is 7.08. The molecule has 0 amide bonds. The molecule has 2 atom stereocenters. The van der Waals surface area contributed by atoms with E-state index in [0.29, 0.717) is 0 Å². The molecule has 0 saturated carbocycles. The molecule has 19 heavy (non-hydrogen) atoms. The van der Waals surface area contributed by atoms with E-state index in [1.807, 2.05) is 0 Å². The summed E-state index contributed by atoms with van der Waals surface area (Å²) in [5, 5.41) is 0. The standard InChI is InChI=1S/C19H40/c1-16(2)11-8-7-9-13-18(5)15-19(6)14-10-12-17(3)4/h16-19H,7-15H2,1-6H3. The van der Waals surface area contributed by atoms with Crippen molar-refractivity contribution < 1.29 is 0 Å². The van der Waals surface area contributed by atoms with E-state index < -0.39 is 0 Å². The Morgan fingerprint density at radius 3 is 1.42 bits per heavy atom. The van der Waals surface area contributed by atoms with Crippen molar-refractivity contribution in [1.82, 2.24) is 0 Å². The van der Waals surface area contributed by atoms with Crippen LogP contribution in [-0.2, 0) is 0 Å². The van der Waals surface area contributed by atoms with Crippen LogP contribution in [0.15, 0.2) is 0 Å². The maximum atomic E-state index is 2.46. The van der Waals surface area contributed by atoms with Crippen LogP contribution in [0, 0.1) is 23.7 Å². The zero-order chi connectivity index (χ0) is 14.7. The summed E-state index contributed by atoms with van der Waals surface area (Å²) < 4.78 is 0. The molecule has 0 heteroatoms. The lowest BCUT2D eigenvalue weighted by molar-refractivity contribution is 0.350.